The van der Waals surface area contributed by atoms with E-state index in [0.29, 0.717) is 17.8 Å². The van der Waals surface area contributed by atoms with Crippen LogP contribution in [0.1, 0.15) is 6.92 Å². The molecule has 0 aliphatic heterocycles. The number of fused-ring (bicyclic) bond motifs is 1. The lowest BCUT2D eigenvalue weighted by Gasteiger charge is -2.17. The van der Waals surface area contributed by atoms with Crippen molar-refractivity contribution >= 4 is 10.9 Å². The minimum absolute atomic E-state index is 0.00607. The van der Waals surface area contributed by atoms with E-state index in [1.807, 2.05) is 61.6 Å². The molecular formula is C18H19N3O. The number of hydrogen-bond donors (Lipinski definition) is 1. The molecular weight excluding hydrogens is 274 g/mol. The van der Waals surface area contributed by atoms with Gasteiger partial charge in [0.25, 0.3) is 5.56 Å². The van der Waals surface area contributed by atoms with E-state index in [4.69, 9.17) is 4.98 Å². The van der Waals surface area contributed by atoms with Crippen molar-refractivity contribution in [2.24, 2.45) is 0 Å². The van der Waals surface area contributed by atoms with Gasteiger partial charge in [-0.05, 0) is 26.1 Å². The van der Waals surface area contributed by atoms with E-state index >= 15 is 0 Å². The highest BCUT2D eigenvalue weighted by atomic mass is 16.1. The standard InChI is InChI=1S/C18H19N3O/c1-13(19-2)12-21-17(14-8-4-3-5-9-14)20-16-11-7-6-10-15(16)18(21)22/h3-11,13,19H,12H2,1-2H3. The molecule has 1 aromatic heterocycles. The highest BCUT2D eigenvalue weighted by Gasteiger charge is 2.14. The van der Waals surface area contributed by atoms with Gasteiger partial charge in [0.1, 0.15) is 5.82 Å². The van der Waals surface area contributed by atoms with Gasteiger partial charge in [0.05, 0.1) is 10.9 Å². The summed E-state index contributed by atoms with van der Waals surface area (Å²) in [7, 11) is 1.90. The minimum atomic E-state index is 0.00607. The van der Waals surface area contributed by atoms with E-state index in [1.165, 1.54) is 0 Å². The van der Waals surface area contributed by atoms with Crippen LogP contribution in [-0.2, 0) is 6.54 Å². The summed E-state index contributed by atoms with van der Waals surface area (Å²) in [6, 6.07) is 17.5. The number of nitrogens with zero attached hydrogens (tertiary/aromatic N) is 2. The molecule has 112 valence electrons. The number of aromatic nitrogens is 2. The van der Waals surface area contributed by atoms with Crippen LogP contribution in [-0.4, -0.2) is 22.6 Å². The van der Waals surface area contributed by atoms with Crippen LogP contribution in [0.25, 0.3) is 22.3 Å². The molecule has 1 unspecified atom stereocenters. The second-order valence-corrected chi connectivity index (χ2v) is 5.42. The monoisotopic (exact) mass is 293 g/mol. The largest absolute Gasteiger partial charge is 0.315 e. The van der Waals surface area contributed by atoms with E-state index in [-0.39, 0.29) is 11.6 Å². The van der Waals surface area contributed by atoms with Crippen LogP contribution < -0.4 is 10.9 Å². The fraction of sp³-hybridized carbons (Fsp3) is 0.222. The Labute approximate surface area is 129 Å². The van der Waals surface area contributed by atoms with E-state index < -0.39 is 0 Å². The van der Waals surface area contributed by atoms with E-state index in [9.17, 15) is 4.79 Å². The third-order valence-corrected chi connectivity index (χ3v) is 3.84. The molecule has 0 spiro atoms. The molecule has 1 N–H and O–H groups in total. The summed E-state index contributed by atoms with van der Waals surface area (Å²) >= 11 is 0. The summed E-state index contributed by atoms with van der Waals surface area (Å²) in [5.74, 6) is 0.714. The Hall–Kier alpha value is -2.46. The van der Waals surface area contributed by atoms with Gasteiger partial charge in [0.2, 0.25) is 0 Å². The molecule has 0 saturated carbocycles. The zero-order valence-corrected chi connectivity index (χ0v) is 12.8. The molecule has 4 heteroatoms. The smallest absolute Gasteiger partial charge is 0.261 e. The second-order valence-electron chi connectivity index (χ2n) is 5.42. The quantitative estimate of drug-likeness (QED) is 0.804. The van der Waals surface area contributed by atoms with Gasteiger partial charge in [-0.15, -0.1) is 0 Å². The van der Waals surface area contributed by atoms with Crippen molar-refractivity contribution in [3.8, 4) is 11.4 Å². The molecule has 22 heavy (non-hydrogen) atoms. The molecule has 4 nitrogen and oxygen atoms in total. The van der Waals surface area contributed by atoms with E-state index in [0.717, 1.165) is 11.1 Å². The lowest BCUT2D eigenvalue weighted by Crippen LogP contribution is -2.33. The third kappa shape index (κ3) is 2.65. The average molecular weight is 293 g/mol. The van der Waals surface area contributed by atoms with Crippen LogP contribution in [0.15, 0.2) is 59.4 Å². The number of likely N-dealkylation sites (N-methyl/N-ethyl adjacent to an activating group) is 1. The predicted molar refractivity (Wildman–Crippen MR) is 90.0 cm³/mol. The number of rotatable bonds is 4. The van der Waals surface area contributed by atoms with Crippen LogP contribution in [0.5, 0.6) is 0 Å². The molecule has 0 radical (unpaired) electrons. The minimum Gasteiger partial charge on any atom is -0.315 e. The lowest BCUT2D eigenvalue weighted by molar-refractivity contribution is 0.507. The van der Waals surface area contributed by atoms with Crippen LogP contribution in [0.4, 0.5) is 0 Å². The Balaban J connectivity index is 2.28. The molecule has 0 fully saturated rings. The molecule has 0 bridgehead atoms. The third-order valence-electron chi connectivity index (χ3n) is 3.84. The summed E-state index contributed by atoms with van der Waals surface area (Å²) in [5.41, 5.74) is 1.69. The zero-order valence-electron chi connectivity index (χ0n) is 12.8. The average Bonchev–Trinajstić information content (AvgIpc) is 2.58. The van der Waals surface area contributed by atoms with Crippen molar-refractivity contribution in [1.29, 1.82) is 0 Å². The molecule has 0 aliphatic rings. The molecule has 3 rings (SSSR count). The maximum atomic E-state index is 12.9. The Morgan fingerprint density at radius 3 is 2.50 bits per heavy atom. The van der Waals surface area contributed by atoms with Gasteiger partial charge >= 0.3 is 0 Å². The maximum Gasteiger partial charge on any atom is 0.261 e. The number of hydrogen-bond acceptors (Lipinski definition) is 3. The first-order valence-corrected chi connectivity index (χ1v) is 7.43. The van der Waals surface area contributed by atoms with Crippen molar-refractivity contribution in [3.05, 3.63) is 65.0 Å². The van der Waals surface area contributed by atoms with Gasteiger partial charge in [0.15, 0.2) is 0 Å². The first kappa shape index (κ1) is 14.5. The normalized spacial score (nSPS) is 12.5. The van der Waals surface area contributed by atoms with Gasteiger partial charge < -0.3 is 5.32 Å². The summed E-state index contributed by atoms with van der Waals surface area (Å²) < 4.78 is 1.76. The van der Waals surface area contributed by atoms with Gasteiger partial charge in [-0.2, -0.15) is 0 Å². The molecule has 1 atom stereocenters. The van der Waals surface area contributed by atoms with Crippen molar-refractivity contribution in [3.63, 3.8) is 0 Å². The van der Waals surface area contributed by atoms with Crippen LogP contribution >= 0.6 is 0 Å². The van der Waals surface area contributed by atoms with Crippen molar-refractivity contribution in [1.82, 2.24) is 14.9 Å². The van der Waals surface area contributed by atoms with Crippen LogP contribution in [0.3, 0.4) is 0 Å². The number of nitrogens with one attached hydrogen (secondary N) is 1. The Bertz CT molecular complexity index is 840. The molecule has 0 saturated heterocycles. The van der Waals surface area contributed by atoms with Gasteiger partial charge in [-0.25, -0.2) is 4.98 Å². The topological polar surface area (TPSA) is 46.9 Å². The van der Waals surface area contributed by atoms with E-state index in [1.54, 1.807) is 4.57 Å². The Morgan fingerprint density at radius 1 is 1.09 bits per heavy atom. The Kier molecular flexibility index (Phi) is 4.02. The second kappa shape index (κ2) is 6.12. The summed E-state index contributed by atoms with van der Waals surface area (Å²) in [5, 5.41) is 3.84. The van der Waals surface area contributed by atoms with Crippen LogP contribution in [0, 0.1) is 0 Å². The maximum absolute atomic E-state index is 12.9. The van der Waals surface area contributed by atoms with Gasteiger partial charge in [-0.1, -0.05) is 42.5 Å². The lowest BCUT2D eigenvalue weighted by atomic mass is 10.1. The molecule has 0 amide bonds. The first-order valence-electron chi connectivity index (χ1n) is 7.43. The highest BCUT2D eigenvalue weighted by molar-refractivity contribution is 5.79. The number of benzene rings is 2. The first-order chi connectivity index (χ1) is 10.7. The van der Waals surface area contributed by atoms with E-state index in [2.05, 4.69) is 12.2 Å². The highest BCUT2D eigenvalue weighted by Crippen LogP contribution is 2.18. The summed E-state index contributed by atoms with van der Waals surface area (Å²) in [6.07, 6.45) is 0. The SMILES string of the molecule is CNC(C)Cn1c(-c2ccccc2)nc2ccccc2c1=O. The predicted octanol–water partition coefficient (Wildman–Crippen LogP) is 2.67. The molecule has 1 heterocycles. The molecule has 2 aromatic carbocycles. The number of para-hydroxylation sites is 1. The van der Waals surface area contributed by atoms with Gasteiger partial charge in [0, 0.05) is 18.2 Å². The zero-order chi connectivity index (χ0) is 15.5. The Morgan fingerprint density at radius 2 is 1.77 bits per heavy atom. The van der Waals surface area contributed by atoms with Crippen LogP contribution in [0.2, 0.25) is 0 Å². The van der Waals surface area contributed by atoms with Gasteiger partial charge in [-0.3, -0.25) is 9.36 Å². The van der Waals surface area contributed by atoms with Crippen molar-refractivity contribution in [2.45, 2.75) is 19.5 Å². The summed E-state index contributed by atoms with van der Waals surface area (Å²) in [4.78, 5) is 17.6. The molecule has 0 aliphatic carbocycles. The molecule has 3 aromatic rings. The summed E-state index contributed by atoms with van der Waals surface area (Å²) in [6.45, 7) is 2.63. The fourth-order valence-corrected chi connectivity index (χ4v) is 2.51. The van der Waals surface area contributed by atoms with Crippen molar-refractivity contribution in [2.75, 3.05) is 7.05 Å². The fourth-order valence-electron chi connectivity index (χ4n) is 2.51. The van der Waals surface area contributed by atoms with Crippen molar-refractivity contribution < 1.29 is 0 Å².